The number of ether oxygens (including phenoxy) is 1. The summed E-state index contributed by atoms with van der Waals surface area (Å²) in [7, 11) is 0. The van der Waals surface area contributed by atoms with Crippen molar-refractivity contribution in [2.45, 2.75) is 33.2 Å². The van der Waals surface area contributed by atoms with Crippen LogP contribution in [0, 0.1) is 18.8 Å². The van der Waals surface area contributed by atoms with E-state index in [9.17, 15) is 4.79 Å². The van der Waals surface area contributed by atoms with Crippen molar-refractivity contribution in [1.82, 2.24) is 5.32 Å². The van der Waals surface area contributed by atoms with Gasteiger partial charge in [-0.2, -0.15) is 0 Å². The summed E-state index contributed by atoms with van der Waals surface area (Å²) >= 11 is 0. The molecular formula is C14H21NO3. The van der Waals surface area contributed by atoms with Crippen LogP contribution in [-0.4, -0.2) is 19.1 Å². The highest BCUT2D eigenvalue weighted by atomic mass is 16.5. The number of aryl methyl sites for hydroxylation is 1. The zero-order valence-electron chi connectivity index (χ0n) is 11.1. The van der Waals surface area contributed by atoms with Crippen LogP contribution in [0.4, 0.5) is 0 Å². The zero-order valence-corrected chi connectivity index (χ0v) is 11.1. The lowest BCUT2D eigenvalue weighted by Gasteiger charge is -2.26. The highest BCUT2D eigenvalue weighted by molar-refractivity contribution is 5.78. The molecule has 4 nitrogen and oxygen atoms in total. The molecule has 1 aliphatic rings. The Morgan fingerprint density at radius 2 is 2.17 bits per heavy atom. The first-order valence-electron chi connectivity index (χ1n) is 6.57. The number of carbonyl (C=O) groups excluding carboxylic acids is 1. The molecule has 1 saturated heterocycles. The molecule has 1 aromatic rings. The van der Waals surface area contributed by atoms with E-state index in [2.05, 4.69) is 5.32 Å². The average molecular weight is 251 g/mol. The SMILES string of the molecule is Cc1ccc(CNC(=O)C(C)C2CCOCC2)o1. The Bertz CT molecular complexity index is 393. The Kier molecular flexibility index (Phi) is 4.42. The van der Waals surface area contributed by atoms with Gasteiger partial charge in [0.25, 0.3) is 0 Å². The van der Waals surface area contributed by atoms with Gasteiger partial charge in [0, 0.05) is 19.1 Å². The van der Waals surface area contributed by atoms with Crippen LogP contribution in [0.25, 0.3) is 0 Å². The van der Waals surface area contributed by atoms with Crippen molar-refractivity contribution in [3.05, 3.63) is 23.7 Å². The molecule has 1 fully saturated rings. The lowest BCUT2D eigenvalue weighted by Crippen LogP contribution is -2.35. The molecular weight excluding hydrogens is 230 g/mol. The number of rotatable bonds is 4. The first-order valence-corrected chi connectivity index (χ1v) is 6.57. The molecule has 0 bridgehead atoms. The zero-order chi connectivity index (χ0) is 13.0. The molecule has 1 atom stereocenters. The molecule has 1 N–H and O–H groups in total. The maximum Gasteiger partial charge on any atom is 0.223 e. The van der Waals surface area contributed by atoms with Gasteiger partial charge in [-0.05, 0) is 37.8 Å². The van der Waals surface area contributed by atoms with Crippen molar-refractivity contribution in [3.8, 4) is 0 Å². The highest BCUT2D eigenvalue weighted by Gasteiger charge is 2.25. The highest BCUT2D eigenvalue weighted by Crippen LogP contribution is 2.23. The van der Waals surface area contributed by atoms with Crippen molar-refractivity contribution >= 4 is 5.91 Å². The summed E-state index contributed by atoms with van der Waals surface area (Å²) in [6, 6.07) is 3.80. The molecule has 4 heteroatoms. The summed E-state index contributed by atoms with van der Waals surface area (Å²) in [5, 5.41) is 2.94. The van der Waals surface area contributed by atoms with Gasteiger partial charge in [-0.1, -0.05) is 6.92 Å². The quantitative estimate of drug-likeness (QED) is 0.893. The molecule has 0 saturated carbocycles. The number of hydrogen-bond donors (Lipinski definition) is 1. The fourth-order valence-electron chi connectivity index (χ4n) is 2.35. The van der Waals surface area contributed by atoms with Crippen molar-refractivity contribution < 1.29 is 13.9 Å². The summed E-state index contributed by atoms with van der Waals surface area (Å²) in [6.07, 6.45) is 1.96. The fraction of sp³-hybridized carbons (Fsp3) is 0.643. The van der Waals surface area contributed by atoms with Gasteiger partial charge >= 0.3 is 0 Å². The molecule has 1 aliphatic heterocycles. The molecule has 0 aliphatic carbocycles. The third kappa shape index (κ3) is 3.35. The minimum absolute atomic E-state index is 0.0463. The second-order valence-corrected chi connectivity index (χ2v) is 4.97. The van der Waals surface area contributed by atoms with E-state index in [1.807, 2.05) is 26.0 Å². The van der Waals surface area contributed by atoms with Gasteiger partial charge in [0.05, 0.1) is 6.54 Å². The number of carbonyl (C=O) groups is 1. The molecule has 0 spiro atoms. The third-order valence-electron chi connectivity index (χ3n) is 3.62. The van der Waals surface area contributed by atoms with Gasteiger partial charge < -0.3 is 14.5 Å². The molecule has 1 aromatic heterocycles. The van der Waals surface area contributed by atoms with Gasteiger partial charge in [-0.15, -0.1) is 0 Å². The van der Waals surface area contributed by atoms with E-state index >= 15 is 0 Å². The lowest BCUT2D eigenvalue weighted by molar-refractivity contribution is -0.127. The minimum Gasteiger partial charge on any atom is -0.465 e. The summed E-state index contributed by atoms with van der Waals surface area (Å²) in [5.41, 5.74) is 0. The van der Waals surface area contributed by atoms with Gasteiger partial charge in [-0.3, -0.25) is 4.79 Å². The Morgan fingerprint density at radius 3 is 2.78 bits per heavy atom. The first-order chi connectivity index (χ1) is 8.66. The predicted molar refractivity (Wildman–Crippen MR) is 68.0 cm³/mol. The standard InChI is InChI=1S/C14H21NO3/c1-10-3-4-13(18-10)9-15-14(16)11(2)12-5-7-17-8-6-12/h3-4,11-12H,5-9H2,1-2H3,(H,15,16). The van der Waals surface area contributed by atoms with Gasteiger partial charge in [0.15, 0.2) is 0 Å². The van der Waals surface area contributed by atoms with E-state index in [0.717, 1.165) is 37.6 Å². The van der Waals surface area contributed by atoms with Crippen molar-refractivity contribution in [2.75, 3.05) is 13.2 Å². The molecule has 1 amide bonds. The van der Waals surface area contributed by atoms with E-state index in [0.29, 0.717) is 12.5 Å². The van der Waals surface area contributed by atoms with Crippen LogP contribution in [-0.2, 0) is 16.1 Å². The molecule has 0 aromatic carbocycles. The summed E-state index contributed by atoms with van der Waals surface area (Å²) in [5.74, 6) is 2.27. The summed E-state index contributed by atoms with van der Waals surface area (Å²) in [4.78, 5) is 12.0. The largest absolute Gasteiger partial charge is 0.465 e. The van der Waals surface area contributed by atoms with Crippen LogP contribution < -0.4 is 5.32 Å². The van der Waals surface area contributed by atoms with Gasteiger partial charge in [0.1, 0.15) is 11.5 Å². The van der Waals surface area contributed by atoms with Crippen LogP contribution in [0.2, 0.25) is 0 Å². The van der Waals surface area contributed by atoms with E-state index in [-0.39, 0.29) is 11.8 Å². The van der Waals surface area contributed by atoms with Crippen LogP contribution >= 0.6 is 0 Å². The monoisotopic (exact) mass is 251 g/mol. The van der Waals surface area contributed by atoms with Crippen LogP contribution in [0.15, 0.2) is 16.5 Å². The Labute approximate surface area is 108 Å². The number of hydrogen-bond acceptors (Lipinski definition) is 3. The fourth-order valence-corrected chi connectivity index (χ4v) is 2.35. The van der Waals surface area contributed by atoms with E-state index in [4.69, 9.17) is 9.15 Å². The maximum absolute atomic E-state index is 12.0. The number of amides is 1. The number of furan rings is 1. The maximum atomic E-state index is 12.0. The van der Waals surface area contributed by atoms with Crippen molar-refractivity contribution in [3.63, 3.8) is 0 Å². The lowest BCUT2D eigenvalue weighted by atomic mass is 9.87. The van der Waals surface area contributed by atoms with Gasteiger partial charge in [0.2, 0.25) is 5.91 Å². The van der Waals surface area contributed by atoms with E-state index in [1.165, 1.54) is 0 Å². The molecule has 1 unspecified atom stereocenters. The predicted octanol–water partition coefficient (Wildman–Crippen LogP) is 2.27. The second kappa shape index (κ2) is 6.05. The molecule has 2 rings (SSSR count). The molecule has 18 heavy (non-hydrogen) atoms. The number of nitrogens with one attached hydrogen (secondary N) is 1. The smallest absolute Gasteiger partial charge is 0.223 e. The van der Waals surface area contributed by atoms with Crippen LogP contribution in [0.5, 0.6) is 0 Å². The Hall–Kier alpha value is -1.29. The minimum atomic E-state index is 0.0463. The molecule has 0 radical (unpaired) electrons. The Morgan fingerprint density at radius 1 is 1.44 bits per heavy atom. The van der Waals surface area contributed by atoms with Crippen LogP contribution in [0.3, 0.4) is 0 Å². The van der Waals surface area contributed by atoms with E-state index in [1.54, 1.807) is 0 Å². The molecule has 2 heterocycles. The molecule has 100 valence electrons. The Balaban J connectivity index is 1.79. The summed E-state index contributed by atoms with van der Waals surface area (Å²) in [6.45, 7) is 5.92. The average Bonchev–Trinajstić information content (AvgIpc) is 2.82. The van der Waals surface area contributed by atoms with Gasteiger partial charge in [-0.25, -0.2) is 0 Å². The second-order valence-electron chi connectivity index (χ2n) is 4.97. The summed E-state index contributed by atoms with van der Waals surface area (Å²) < 4.78 is 10.7. The van der Waals surface area contributed by atoms with Crippen LogP contribution in [0.1, 0.15) is 31.3 Å². The van der Waals surface area contributed by atoms with E-state index < -0.39 is 0 Å². The normalized spacial score (nSPS) is 18.6. The third-order valence-corrected chi connectivity index (χ3v) is 3.62. The topological polar surface area (TPSA) is 51.5 Å². The van der Waals surface area contributed by atoms with Crippen molar-refractivity contribution in [2.24, 2.45) is 11.8 Å². The first kappa shape index (κ1) is 13.1. The van der Waals surface area contributed by atoms with Crippen molar-refractivity contribution in [1.29, 1.82) is 0 Å².